The smallest absolute Gasteiger partial charge is 0.273 e. The Kier molecular flexibility index (Phi) is 4.98. The van der Waals surface area contributed by atoms with Gasteiger partial charge in [-0.2, -0.15) is 0 Å². The van der Waals surface area contributed by atoms with E-state index in [4.69, 9.17) is 9.47 Å². The molecule has 2 N–H and O–H groups in total. The highest BCUT2D eigenvalue weighted by atomic mass is 16.5. The highest BCUT2D eigenvalue weighted by Crippen LogP contribution is 2.16. The van der Waals surface area contributed by atoms with Gasteiger partial charge in [0, 0.05) is 5.56 Å². The standard InChI is InChI=1S/C16H16N2O4/c1-21-12-7-5-6-11(10-12)15(19)17-18-16(20)13-8-3-4-9-14(13)22-2/h3-10H,1-2H3,(H,17,19)(H,18,20). The fraction of sp³-hybridized carbons (Fsp3) is 0.125. The Balaban J connectivity index is 2.02. The van der Waals surface area contributed by atoms with Crippen molar-refractivity contribution in [2.75, 3.05) is 14.2 Å². The lowest BCUT2D eigenvalue weighted by molar-refractivity contribution is 0.0845. The monoisotopic (exact) mass is 300 g/mol. The van der Waals surface area contributed by atoms with Gasteiger partial charge in [0.2, 0.25) is 0 Å². The fourth-order valence-electron chi connectivity index (χ4n) is 1.85. The third-order valence-corrected chi connectivity index (χ3v) is 2.97. The maximum atomic E-state index is 12.1. The minimum absolute atomic E-state index is 0.330. The Bertz CT molecular complexity index is 685. The van der Waals surface area contributed by atoms with Crippen LogP contribution < -0.4 is 20.3 Å². The van der Waals surface area contributed by atoms with Gasteiger partial charge >= 0.3 is 0 Å². The summed E-state index contributed by atoms with van der Waals surface area (Å²) < 4.78 is 10.1. The Morgan fingerprint density at radius 2 is 1.59 bits per heavy atom. The van der Waals surface area contributed by atoms with Crippen LogP contribution in [0.15, 0.2) is 48.5 Å². The number of benzene rings is 2. The van der Waals surface area contributed by atoms with Crippen molar-refractivity contribution in [1.82, 2.24) is 10.9 Å². The highest BCUT2D eigenvalue weighted by molar-refractivity contribution is 6.00. The molecule has 2 aromatic rings. The number of nitrogens with one attached hydrogen (secondary N) is 2. The van der Waals surface area contributed by atoms with Crippen molar-refractivity contribution in [2.45, 2.75) is 0 Å². The first kappa shape index (κ1) is 15.4. The van der Waals surface area contributed by atoms with E-state index in [-0.39, 0.29) is 0 Å². The number of hydrogen-bond acceptors (Lipinski definition) is 4. The van der Waals surface area contributed by atoms with Crippen LogP contribution in [0.2, 0.25) is 0 Å². The van der Waals surface area contributed by atoms with Gasteiger partial charge in [-0.1, -0.05) is 18.2 Å². The summed E-state index contributed by atoms with van der Waals surface area (Å²) >= 11 is 0. The number of hydrogen-bond donors (Lipinski definition) is 2. The van der Waals surface area contributed by atoms with Gasteiger partial charge in [-0.15, -0.1) is 0 Å². The first-order valence-corrected chi connectivity index (χ1v) is 6.53. The maximum Gasteiger partial charge on any atom is 0.273 e. The SMILES string of the molecule is COc1cccc(C(=O)NNC(=O)c2ccccc2OC)c1. The zero-order valence-electron chi connectivity index (χ0n) is 12.3. The molecule has 114 valence electrons. The minimum Gasteiger partial charge on any atom is -0.497 e. The molecule has 0 heterocycles. The predicted octanol–water partition coefficient (Wildman–Crippen LogP) is 1.78. The van der Waals surface area contributed by atoms with Crippen molar-refractivity contribution >= 4 is 11.8 Å². The molecule has 0 aliphatic heterocycles. The molecule has 0 aliphatic rings. The Morgan fingerprint density at radius 3 is 2.32 bits per heavy atom. The van der Waals surface area contributed by atoms with Crippen LogP contribution in [-0.2, 0) is 0 Å². The minimum atomic E-state index is -0.464. The third kappa shape index (κ3) is 3.54. The van der Waals surface area contributed by atoms with E-state index >= 15 is 0 Å². The second-order valence-corrected chi connectivity index (χ2v) is 4.34. The lowest BCUT2D eigenvalue weighted by Crippen LogP contribution is -2.41. The molecular weight excluding hydrogens is 284 g/mol. The molecule has 0 aromatic heterocycles. The van der Waals surface area contributed by atoms with Gasteiger partial charge in [-0.05, 0) is 30.3 Å². The van der Waals surface area contributed by atoms with E-state index in [2.05, 4.69) is 10.9 Å². The molecule has 0 unspecified atom stereocenters. The van der Waals surface area contributed by atoms with Crippen LogP contribution in [0.3, 0.4) is 0 Å². The number of amides is 2. The first-order chi connectivity index (χ1) is 10.7. The Morgan fingerprint density at radius 1 is 0.864 bits per heavy atom. The van der Waals surface area contributed by atoms with Crippen molar-refractivity contribution in [3.05, 3.63) is 59.7 Å². The van der Waals surface area contributed by atoms with Crippen molar-refractivity contribution in [3.8, 4) is 11.5 Å². The molecule has 0 atom stereocenters. The van der Waals surface area contributed by atoms with Crippen molar-refractivity contribution in [2.24, 2.45) is 0 Å². The van der Waals surface area contributed by atoms with Gasteiger partial charge in [0.05, 0.1) is 19.8 Å². The summed E-state index contributed by atoms with van der Waals surface area (Å²) in [4.78, 5) is 24.0. The van der Waals surface area contributed by atoms with Crippen molar-refractivity contribution in [3.63, 3.8) is 0 Å². The molecule has 6 heteroatoms. The first-order valence-electron chi connectivity index (χ1n) is 6.53. The number of ether oxygens (including phenoxy) is 2. The molecule has 2 aromatic carbocycles. The van der Waals surface area contributed by atoms with E-state index in [9.17, 15) is 9.59 Å². The summed E-state index contributed by atoms with van der Waals surface area (Å²) in [6.45, 7) is 0. The fourth-order valence-corrected chi connectivity index (χ4v) is 1.85. The molecule has 0 radical (unpaired) electrons. The van der Waals surface area contributed by atoms with Gasteiger partial charge in [-0.3, -0.25) is 20.4 Å². The van der Waals surface area contributed by atoms with E-state index < -0.39 is 11.8 Å². The summed E-state index contributed by atoms with van der Waals surface area (Å²) in [6, 6.07) is 13.3. The molecule has 2 amide bonds. The normalized spacial score (nSPS) is 9.73. The van der Waals surface area contributed by atoms with Crippen LogP contribution >= 0.6 is 0 Å². The van der Waals surface area contributed by atoms with E-state index in [1.807, 2.05) is 0 Å². The molecule has 0 saturated carbocycles. The molecule has 6 nitrogen and oxygen atoms in total. The zero-order valence-corrected chi connectivity index (χ0v) is 12.3. The summed E-state index contributed by atoms with van der Waals surface area (Å²) in [6.07, 6.45) is 0. The van der Waals surface area contributed by atoms with Crippen LogP contribution in [0.1, 0.15) is 20.7 Å². The lowest BCUT2D eigenvalue weighted by Gasteiger charge is -2.10. The predicted molar refractivity (Wildman–Crippen MR) is 80.9 cm³/mol. The summed E-state index contributed by atoms with van der Waals surface area (Å²) in [5, 5.41) is 0. The van der Waals surface area contributed by atoms with Crippen LogP contribution in [0, 0.1) is 0 Å². The van der Waals surface area contributed by atoms with Gasteiger partial charge in [0.15, 0.2) is 0 Å². The van der Waals surface area contributed by atoms with Crippen LogP contribution in [0.25, 0.3) is 0 Å². The second kappa shape index (κ2) is 7.12. The van der Waals surface area contributed by atoms with Crippen molar-refractivity contribution in [1.29, 1.82) is 0 Å². The number of carbonyl (C=O) groups excluding carboxylic acids is 2. The average molecular weight is 300 g/mol. The number of rotatable bonds is 4. The topological polar surface area (TPSA) is 76.7 Å². The Labute approximate surface area is 128 Å². The zero-order chi connectivity index (χ0) is 15.9. The molecule has 0 aliphatic carbocycles. The quantitative estimate of drug-likeness (QED) is 0.844. The third-order valence-electron chi connectivity index (χ3n) is 2.97. The molecule has 0 fully saturated rings. The van der Waals surface area contributed by atoms with Gasteiger partial charge in [0.25, 0.3) is 11.8 Å². The van der Waals surface area contributed by atoms with Crippen LogP contribution in [0.4, 0.5) is 0 Å². The van der Waals surface area contributed by atoms with Gasteiger partial charge in [0.1, 0.15) is 11.5 Å². The Hall–Kier alpha value is -3.02. The van der Waals surface area contributed by atoms with E-state index in [0.717, 1.165) is 0 Å². The molecule has 22 heavy (non-hydrogen) atoms. The molecular formula is C16H16N2O4. The largest absolute Gasteiger partial charge is 0.497 e. The van der Waals surface area contributed by atoms with E-state index in [1.54, 1.807) is 48.5 Å². The van der Waals surface area contributed by atoms with Gasteiger partial charge < -0.3 is 9.47 Å². The number of para-hydroxylation sites is 1. The maximum absolute atomic E-state index is 12.1. The van der Waals surface area contributed by atoms with Crippen molar-refractivity contribution < 1.29 is 19.1 Å². The lowest BCUT2D eigenvalue weighted by atomic mass is 10.2. The summed E-state index contributed by atoms with van der Waals surface area (Å²) in [5.41, 5.74) is 5.40. The van der Waals surface area contributed by atoms with Crippen LogP contribution in [-0.4, -0.2) is 26.0 Å². The van der Waals surface area contributed by atoms with E-state index in [1.165, 1.54) is 14.2 Å². The summed E-state index contributed by atoms with van der Waals surface area (Å²) in [5.74, 6) is 0.0789. The molecule has 0 saturated heterocycles. The highest BCUT2D eigenvalue weighted by Gasteiger charge is 2.13. The number of hydrazine groups is 1. The number of methoxy groups -OCH3 is 2. The second-order valence-electron chi connectivity index (χ2n) is 4.34. The molecule has 0 bridgehead atoms. The average Bonchev–Trinajstić information content (AvgIpc) is 2.59. The van der Waals surface area contributed by atoms with Crippen LogP contribution in [0.5, 0.6) is 11.5 Å². The number of carbonyl (C=O) groups is 2. The summed E-state index contributed by atoms with van der Waals surface area (Å²) in [7, 11) is 2.99. The van der Waals surface area contributed by atoms with E-state index in [0.29, 0.717) is 22.6 Å². The molecule has 2 rings (SSSR count). The van der Waals surface area contributed by atoms with Gasteiger partial charge in [-0.25, -0.2) is 0 Å². The molecule has 0 spiro atoms.